The zero-order valence-electron chi connectivity index (χ0n) is 13.3. The van der Waals surface area contributed by atoms with Crippen molar-refractivity contribution in [3.8, 4) is 5.75 Å². The van der Waals surface area contributed by atoms with Gasteiger partial charge in [-0.25, -0.2) is 9.98 Å². The van der Waals surface area contributed by atoms with Crippen LogP contribution < -0.4 is 15.4 Å². The Morgan fingerprint density at radius 2 is 2.26 bits per heavy atom. The third-order valence-electron chi connectivity index (χ3n) is 2.99. The first kappa shape index (κ1) is 17.1. The number of guanidine groups is 1. The van der Waals surface area contributed by atoms with Gasteiger partial charge in [-0.05, 0) is 25.1 Å². The molecule has 124 valence electrons. The molecule has 1 aromatic heterocycles. The van der Waals surface area contributed by atoms with Crippen LogP contribution >= 0.6 is 11.6 Å². The van der Waals surface area contributed by atoms with Crippen LogP contribution in [0.25, 0.3) is 0 Å². The molecule has 0 bridgehead atoms. The lowest BCUT2D eigenvalue weighted by Gasteiger charge is -2.12. The van der Waals surface area contributed by atoms with Gasteiger partial charge in [0.1, 0.15) is 31.1 Å². The fourth-order valence-electron chi connectivity index (χ4n) is 1.85. The number of nitrogens with one attached hydrogen (secondary N) is 2. The van der Waals surface area contributed by atoms with Crippen molar-refractivity contribution in [2.75, 3.05) is 19.7 Å². The molecular weight excluding hydrogens is 316 g/mol. The normalized spacial score (nSPS) is 11.3. The van der Waals surface area contributed by atoms with Crippen molar-refractivity contribution < 1.29 is 4.74 Å². The Balaban J connectivity index is 1.79. The van der Waals surface area contributed by atoms with Crippen molar-refractivity contribution in [3.63, 3.8) is 0 Å². The molecule has 2 N–H and O–H groups in total. The average molecular weight is 337 g/mol. The molecule has 2 rings (SSSR count). The van der Waals surface area contributed by atoms with Crippen LogP contribution in [0.15, 0.2) is 35.6 Å². The van der Waals surface area contributed by atoms with Crippen LogP contribution in [-0.2, 0) is 13.6 Å². The predicted molar refractivity (Wildman–Crippen MR) is 90.8 cm³/mol. The largest absolute Gasteiger partial charge is 0.492 e. The molecule has 0 aliphatic rings. The van der Waals surface area contributed by atoms with Crippen LogP contribution in [0.3, 0.4) is 0 Å². The van der Waals surface area contributed by atoms with E-state index >= 15 is 0 Å². The Morgan fingerprint density at radius 3 is 2.96 bits per heavy atom. The molecule has 0 saturated heterocycles. The highest BCUT2D eigenvalue weighted by molar-refractivity contribution is 6.30. The maximum absolute atomic E-state index is 5.91. The molecule has 1 aromatic carbocycles. The maximum atomic E-state index is 5.91. The Bertz CT molecular complexity index is 642. The summed E-state index contributed by atoms with van der Waals surface area (Å²) >= 11 is 5.91. The van der Waals surface area contributed by atoms with Crippen molar-refractivity contribution in [1.82, 2.24) is 25.4 Å². The van der Waals surface area contributed by atoms with Gasteiger partial charge in [0.05, 0.1) is 6.54 Å². The second-order valence-electron chi connectivity index (χ2n) is 4.73. The highest BCUT2D eigenvalue weighted by atomic mass is 35.5. The van der Waals surface area contributed by atoms with Crippen LogP contribution in [0.4, 0.5) is 0 Å². The molecule has 1 heterocycles. The third-order valence-corrected chi connectivity index (χ3v) is 3.22. The van der Waals surface area contributed by atoms with E-state index in [1.54, 1.807) is 10.7 Å². The molecular formula is C15H21ClN6O. The van der Waals surface area contributed by atoms with Crippen molar-refractivity contribution >= 4 is 17.6 Å². The van der Waals surface area contributed by atoms with Crippen LogP contribution in [0.1, 0.15) is 12.7 Å². The molecule has 0 unspecified atom stereocenters. The van der Waals surface area contributed by atoms with E-state index in [4.69, 9.17) is 16.3 Å². The Labute approximate surface area is 140 Å². The first-order valence-corrected chi connectivity index (χ1v) is 7.80. The number of aryl methyl sites for hydroxylation is 1. The summed E-state index contributed by atoms with van der Waals surface area (Å²) in [5.74, 6) is 2.27. The molecule has 2 aromatic rings. The summed E-state index contributed by atoms with van der Waals surface area (Å²) < 4.78 is 7.33. The molecule has 8 heteroatoms. The lowest BCUT2D eigenvalue weighted by atomic mass is 10.3. The van der Waals surface area contributed by atoms with E-state index in [2.05, 4.69) is 25.7 Å². The molecule has 0 saturated carbocycles. The number of rotatable bonds is 7. The van der Waals surface area contributed by atoms with E-state index in [-0.39, 0.29) is 0 Å². The van der Waals surface area contributed by atoms with Crippen molar-refractivity contribution in [3.05, 3.63) is 41.4 Å². The van der Waals surface area contributed by atoms with Gasteiger partial charge in [-0.1, -0.05) is 17.7 Å². The lowest BCUT2D eigenvalue weighted by molar-refractivity contribution is 0.322. The Morgan fingerprint density at radius 1 is 1.39 bits per heavy atom. The fraction of sp³-hybridized carbons (Fsp3) is 0.400. The first-order valence-electron chi connectivity index (χ1n) is 7.42. The zero-order chi connectivity index (χ0) is 16.5. The summed E-state index contributed by atoms with van der Waals surface area (Å²) in [4.78, 5) is 8.61. The van der Waals surface area contributed by atoms with E-state index < -0.39 is 0 Å². The number of halogens is 1. The average Bonchev–Trinajstić information content (AvgIpc) is 2.94. The van der Waals surface area contributed by atoms with Gasteiger partial charge in [0.2, 0.25) is 0 Å². The van der Waals surface area contributed by atoms with Gasteiger partial charge in [0.25, 0.3) is 0 Å². The van der Waals surface area contributed by atoms with Crippen molar-refractivity contribution in [2.45, 2.75) is 13.5 Å². The fourth-order valence-corrected chi connectivity index (χ4v) is 2.03. The van der Waals surface area contributed by atoms with Crippen LogP contribution in [0, 0.1) is 0 Å². The van der Waals surface area contributed by atoms with Crippen molar-refractivity contribution in [2.24, 2.45) is 12.0 Å². The minimum Gasteiger partial charge on any atom is -0.492 e. The Hall–Kier alpha value is -2.28. The highest BCUT2D eigenvalue weighted by Gasteiger charge is 2.01. The van der Waals surface area contributed by atoms with E-state index in [0.29, 0.717) is 30.7 Å². The van der Waals surface area contributed by atoms with Crippen molar-refractivity contribution in [1.29, 1.82) is 0 Å². The summed E-state index contributed by atoms with van der Waals surface area (Å²) in [6.07, 6.45) is 1.52. The molecule has 0 spiro atoms. The number of hydrogen-bond acceptors (Lipinski definition) is 4. The van der Waals surface area contributed by atoms with Gasteiger partial charge < -0.3 is 15.4 Å². The smallest absolute Gasteiger partial charge is 0.191 e. The third kappa shape index (κ3) is 5.78. The van der Waals surface area contributed by atoms with Gasteiger partial charge in [-0.2, -0.15) is 5.10 Å². The SMILES string of the molecule is CCNC(=NCc1ncnn1C)NCCOc1cccc(Cl)c1. The lowest BCUT2D eigenvalue weighted by Crippen LogP contribution is -2.39. The molecule has 0 aliphatic carbocycles. The van der Waals surface area contributed by atoms with Gasteiger partial charge >= 0.3 is 0 Å². The highest BCUT2D eigenvalue weighted by Crippen LogP contribution is 2.16. The first-order chi connectivity index (χ1) is 11.2. The van der Waals surface area contributed by atoms with Gasteiger partial charge in [-0.15, -0.1) is 0 Å². The van der Waals surface area contributed by atoms with E-state index in [1.165, 1.54) is 6.33 Å². The number of hydrogen-bond donors (Lipinski definition) is 2. The number of ether oxygens (including phenoxy) is 1. The quantitative estimate of drug-likeness (QED) is 0.456. The minimum absolute atomic E-state index is 0.459. The van der Waals surface area contributed by atoms with Gasteiger partial charge in [0, 0.05) is 18.6 Å². The molecule has 7 nitrogen and oxygen atoms in total. The Kier molecular flexibility index (Phi) is 6.68. The molecule has 0 aliphatic heterocycles. The summed E-state index contributed by atoms with van der Waals surface area (Å²) in [6.45, 7) is 4.38. The van der Waals surface area contributed by atoms with E-state index in [9.17, 15) is 0 Å². The number of aromatic nitrogens is 3. The second-order valence-corrected chi connectivity index (χ2v) is 5.16. The monoisotopic (exact) mass is 336 g/mol. The molecule has 23 heavy (non-hydrogen) atoms. The van der Waals surface area contributed by atoms with Crippen LogP contribution in [0.2, 0.25) is 5.02 Å². The molecule has 0 amide bonds. The summed E-state index contributed by atoms with van der Waals surface area (Å²) in [7, 11) is 1.84. The maximum Gasteiger partial charge on any atom is 0.191 e. The number of benzene rings is 1. The molecule has 0 radical (unpaired) electrons. The molecule has 0 atom stereocenters. The van der Waals surface area contributed by atoms with Crippen LogP contribution in [0.5, 0.6) is 5.75 Å². The molecule has 0 fully saturated rings. The second kappa shape index (κ2) is 8.99. The van der Waals surface area contributed by atoms with Gasteiger partial charge in [0.15, 0.2) is 5.96 Å². The standard InChI is InChI=1S/C15H21ClN6O/c1-3-17-15(19-10-14-20-11-21-22(14)2)18-7-8-23-13-6-4-5-12(16)9-13/h4-6,9,11H,3,7-8,10H2,1-2H3,(H2,17,18,19). The number of nitrogens with zero attached hydrogens (tertiary/aromatic N) is 4. The van der Waals surface area contributed by atoms with Crippen LogP contribution in [-0.4, -0.2) is 40.4 Å². The minimum atomic E-state index is 0.459. The van der Waals surface area contributed by atoms with E-state index in [0.717, 1.165) is 18.1 Å². The summed E-state index contributed by atoms with van der Waals surface area (Å²) in [5.41, 5.74) is 0. The predicted octanol–water partition coefficient (Wildman–Crippen LogP) is 1.60. The number of aliphatic imine (C=N–C) groups is 1. The summed E-state index contributed by atoms with van der Waals surface area (Å²) in [6, 6.07) is 7.33. The van der Waals surface area contributed by atoms with Gasteiger partial charge in [-0.3, -0.25) is 4.68 Å². The zero-order valence-corrected chi connectivity index (χ0v) is 14.0. The topological polar surface area (TPSA) is 76.4 Å². The van der Waals surface area contributed by atoms with E-state index in [1.807, 2.05) is 32.2 Å². The summed E-state index contributed by atoms with van der Waals surface area (Å²) in [5, 5.41) is 11.1.